The topological polar surface area (TPSA) is 48.8 Å². The minimum atomic E-state index is -0.611. The Bertz CT molecular complexity index is 618. The molecule has 3 nitrogen and oxygen atoms in total. The van der Waals surface area contributed by atoms with Crippen LogP contribution in [0.1, 0.15) is 11.1 Å². The molecule has 101 valence electrons. The lowest BCUT2D eigenvalue weighted by Gasteiger charge is -2.29. The van der Waals surface area contributed by atoms with Crippen LogP contribution in [-0.2, 0) is 5.41 Å². The monoisotopic (exact) mass is 392 g/mol. The highest BCUT2D eigenvalue weighted by molar-refractivity contribution is 9.10. The van der Waals surface area contributed by atoms with E-state index in [0.717, 1.165) is 20.1 Å². The quantitative estimate of drug-likeness (QED) is 0.366. The van der Waals surface area contributed by atoms with E-state index in [0.29, 0.717) is 0 Å². The molecule has 2 aromatic rings. The summed E-state index contributed by atoms with van der Waals surface area (Å²) in [6.07, 6.45) is 0. The van der Waals surface area contributed by atoms with Crippen LogP contribution in [0.4, 0.5) is 0 Å². The molecule has 0 amide bonds. The summed E-state index contributed by atoms with van der Waals surface area (Å²) >= 11 is 6.94. The summed E-state index contributed by atoms with van der Waals surface area (Å²) in [4.78, 5) is 2.88. The van der Waals surface area contributed by atoms with Crippen LogP contribution in [0.15, 0.2) is 62.6 Å². The Kier molecular flexibility index (Phi) is 4.86. The van der Waals surface area contributed by atoms with Gasteiger partial charge in [-0.2, -0.15) is 0 Å². The molecule has 5 heteroatoms. The van der Waals surface area contributed by atoms with Crippen molar-refractivity contribution in [3.8, 4) is 0 Å². The molecule has 0 aliphatic carbocycles. The molecule has 0 heterocycles. The molecular formula is C15H12Br2N3. The maximum absolute atomic E-state index is 8.64. The lowest BCUT2D eigenvalue weighted by molar-refractivity contribution is 0.647. The lowest BCUT2D eigenvalue weighted by atomic mass is 9.76. The summed E-state index contributed by atoms with van der Waals surface area (Å²) in [6, 6.07) is 15.8. The van der Waals surface area contributed by atoms with Crippen LogP contribution in [0.5, 0.6) is 0 Å². The number of rotatable bonds is 4. The molecule has 20 heavy (non-hydrogen) atoms. The lowest BCUT2D eigenvalue weighted by Crippen LogP contribution is -2.27. The van der Waals surface area contributed by atoms with Gasteiger partial charge < -0.3 is 0 Å². The van der Waals surface area contributed by atoms with E-state index in [-0.39, 0.29) is 6.54 Å². The zero-order chi connectivity index (χ0) is 14.6. The molecule has 0 N–H and O–H groups in total. The van der Waals surface area contributed by atoms with E-state index in [1.54, 1.807) is 0 Å². The normalized spacial score (nSPS) is 10.9. The SMILES string of the molecule is [CH2]C(CN=[N+]=[N-])(c1cccc(Br)c1)c1cccc(Br)c1. The van der Waals surface area contributed by atoms with Crippen molar-refractivity contribution in [3.05, 3.63) is 86.0 Å². The maximum Gasteiger partial charge on any atom is 0.0395 e. The first-order chi connectivity index (χ1) is 9.56. The van der Waals surface area contributed by atoms with Crippen LogP contribution in [-0.4, -0.2) is 6.54 Å². The summed E-state index contributed by atoms with van der Waals surface area (Å²) in [6.45, 7) is 4.58. The van der Waals surface area contributed by atoms with Crippen LogP contribution in [0, 0.1) is 6.92 Å². The third kappa shape index (κ3) is 3.23. The highest BCUT2D eigenvalue weighted by Gasteiger charge is 2.28. The number of hydrogen-bond acceptors (Lipinski definition) is 1. The average Bonchev–Trinajstić information content (AvgIpc) is 2.45. The van der Waals surface area contributed by atoms with E-state index in [1.165, 1.54) is 0 Å². The van der Waals surface area contributed by atoms with Crippen LogP contribution in [0.3, 0.4) is 0 Å². The van der Waals surface area contributed by atoms with E-state index in [2.05, 4.69) is 48.8 Å². The van der Waals surface area contributed by atoms with Crippen molar-refractivity contribution >= 4 is 31.9 Å². The molecule has 0 fully saturated rings. The minimum Gasteiger partial charge on any atom is -0.0927 e. The second kappa shape index (κ2) is 6.44. The number of nitrogens with zero attached hydrogens (tertiary/aromatic N) is 3. The minimum absolute atomic E-state index is 0.260. The molecule has 0 aromatic heterocycles. The van der Waals surface area contributed by atoms with Gasteiger partial charge in [-0.1, -0.05) is 61.2 Å². The van der Waals surface area contributed by atoms with Crippen LogP contribution in [0.25, 0.3) is 10.4 Å². The predicted octanol–water partition coefficient (Wildman–Crippen LogP) is 5.64. The first kappa shape index (κ1) is 15.1. The largest absolute Gasteiger partial charge is 0.0927 e. The van der Waals surface area contributed by atoms with Gasteiger partial charge in [-0.25, -0.2) is 0 Å². The van der Waals surface area contributed by atoms with Crippen molar-refractivity contribution in [3.63, 3.8) is 0 Å². The number of azide groups is 1. The number of benzene rings is 2. The van der Waals surface area contributed by atoms with Gasteiger partial charge in [0.1, 0.15) is 0 Å². The molecule has 0 saturated carbocycles. The molecule has 1 radical (unpaired) electrons. The second-order valence-electron chi connectivity index (χ2n) is 4.49. The zero-order valence-electron chi connectivity index (χ0n) is 10.6. The van der Waals surface area contributed by atoms with Crippen molar-refractivity contribution in [2.24, 2.45) is 5.11 Å². The summed E-state index contributed by atoms with van der Waals surface area (Å²) < 4.78 is 1.94. The highest BCUT2D eigenvalue weighted by Crippen LogP contribution is 2.34. The molecule has 2 rings (SSSR count). The van der Waals surface area contributed by atoms with Gasteiger partial charge in [0.15, 0.2) is 0 Å². The van der Waals surface area contributed by atoms with Gasteiger partial charge in [0.2, 0.25) is 0 Å². The van der Waals surface area contributed by atoms with Gasteiger partial charge >= 0.3 is 0 Å². The molecule has 0 spiro atoms. The van der Waals surface area contributed by atoms with Crippen molar-refractivity contribution in [2.45, 2.75) is 5.41 Å². The van der Waals surface area contributed by atoms with Crippen molar-refractivity contribution in [1.29, 1.82) is 0 Å². The molecule has 0 aliphatic rings. The smallest absolute Gasteiger partial charge is 0.0395 e. The first-order valence-electron chi connectivity index (χ1n) is 5.94. The molecular weight excluding hydrogens is 382 g/mol. The van der Waals surface area contributed by atoms with Crippen molar-refractivity contribution < 1.29 is 0 Å². The van der Waals surface area contributed by atoms with E-state index >= 15 is 0 Å². The molecule has 0 bridgehead atoms. The molecule has 0 aliphatic heterocycles. The van der Waals surface area contributed by atoms with E-state index in [1.807, 2.05) is 48.5 Å². The van der Waals surface area contributed by atoms with Gasteiger partial charge in [-0.05, 0) is 47.8 Å². The molecule has 0 unspecified atom stereocenters. The Morgan fingerprint density at radius 1 is 1.05 bits per heavy atom. The Hall–Kier alpha value is -1.29. The summed E-state index contributed by atoms with van der Waals surface area (Å²) in [7, 11) is 0. The van der Waals surface area contributed by atoms with Gasteiger partial charge in [0, 0.05) is 25.8 Å². The Morgan fingerprint density at radius 3 is 1.95 bits per heavy atom. The molecule has 0 atom stereocenters. The molecule has 0 saturated heterocycles. The van der Waals surface area contributed by atoms with Crippen molar-refractivity contribution in [1.82, 2.24) is 0 Å². The van der Waals surface area contributed by atoms with Gasteiger partial charge in [0.05, 0.1) is 0 Å². The molecule has 2 aromatic carbocycles. The third-order valence-electron chi connectivity index (χ3n) is 3.16. The van der Waals surface area contributed by atoms with E-state index in [9.17, 15) is 0 Å². The number of hydrogen-bond donors (Lipinski definition) is 0. The fraction of sp³-hybridized carbons (Fsp3) is 0.133. The predicted molar refractivity (Wildman–Crippen MR) is 88.4 cm³/mol. The van der Waals surface area contributed by atoms with E-state index < -0.39 is 5.41 Å². The van der Waals surface area contributed by atoms with Gasteiger partial charge in [-0.3, -0.25) is 0 Å². The summed E-state index contributed by atoms with van der Waals surface area (Å²) in [5.74, 6) is 0. The highest BCUT2D eigenvalue weighted by atomic mass is 79.9. The van der Waals surface area contributed by atoms with Gasteiger partial charge in [0.25, 0.3) is 0 Å². The number of halogens is 2. The fourth-order valence-electron chi connectivity index (χ4n) is 2.07. The van der Waals surface area contributed by atoms with Gasteiger partial charge in [-0.15, -0.1) is 0 Å². The summed E-state index contributed by atoms with van der Waals surface area (Å²) in [5.41, 5.74) is 10.0. The Labute approximate surface area is 134 Å². The third-order valence-corrected chi connectivity index (χ3v) is 4.14. The van der Waals surface area contributed by atoms with E-state index in [4.69, 9.17) is 5.53 Å². The standard InChI is InChI=1S/C15H12Br2N3/c1-15(10-19-20-18,11-4-2-6-13(16)8-11)12-5-3-7-14(17)9-12/h2-9H,1,10H2. The summed E-state index contributed by atoms with van der Waals surface area (Å²) in [5, 5.41) is 3.74. The first-order valence-corrected chi connectivity index (χ1v) is 7.53. The van der Waals surface area contributed by atoms with Crippen LogP contribution < -0.4 is 0 Å². The fourth-order valence-corrected chi connectivity index (χ4v) is 2.87. The second-order valence-corrected chi connectivity index (χ2v) is 6.32. The van der Waals surface area contributed by atoms with Crippen LogP contribution in [0.2, 0.25) is 0 Å². The zero-order valence-corrected chi connectivity index (χ0v) is 13.8. The Morgan fingerprint density at radius 2 is 1.55 bits per heavy atom. The average molecular weight is 394 g/mol. The maximum atomic E-state index is 8.64. The van der Waals surface area contributed by atoms with Crippen molar-refractivity contribution in [2.75, 3.05) is 6.54 Å². The van der Waals surface area contributed by atoms with Crippen LogP contribution >= 0.6 is 31.9 Å². The Balaban J connectivity index is 2.58.